The van der Waals surface area contributed by atoms with E-state index in [9.17, 15) is 13.2 Å². The van der Waals surface area contributed by atoms with Crippen molar-refractivity contribution in [2.75, 3.05) is 10.0 Å². The molecule has 152 valence electrons. The van der Waals surface area contributed by atoms with Gasteiger partial charge in [0.25, 0.3) is 10.0 Å². The number of rotatable bonds is 7. The van der Waals surface area contributed by atoms with Crippen molar-refractivity contribution in [1.82, 2.24) is 9.36 Å². The quantitative estimate of drug-likeness (QED) is 0.493. The molecule has 0 unspecified atom stereocenters. The van der Waals surface area contributed by atoms with Crippen LogP contribution in [0.2, 0.25) is 5.02 Å². The number of hydrogen-bond donors (Lipinski definition) is 2. The molecule has 0 spiro atoms. The molecule has 1 heterocycles. The third kappa shape index (κ3) is 5.69. The third-order valence-electron chi connectivity index (χ3n) is 3.72. The number of thioether (sulfide) groups is 1. The van der Waals surface area contributed by atoms with E-state index in [1.807, 2.05) is 18.2 Å². The van der Waals surface area contributed by atoms with Gasteiger partial charge in [-0.1, -0.05) is 23.7 Å². The molecule has 7 nitrogen and oxygen atoms in total. The van der Waals surface area contributed by atoms with Gasteiger partial charge in [-0.2, -0.15) is 4.37 Å². The Morgan fingerprint density at radius 1 is 1.24 bits per heavy atom. The maximum absolute atomic E-state index is 12.6. The number of nitrogens with one attached hydrogen (secondary N) is 2. The third-order valence-corrected chi connectivity index (χ3v) is 7.40. The lowest BCUT2D eigenvalue weighted by Crippen LogP contribution is -2.14. The number of carbonyl (C=O) groups excluding carboxylic acids is 1. The number of aromatic nitrogens is 2. The molecule has 0 aliphatic carbocycles. The minimum Gasteiger partial charge on any atom is -0.326 e. The topological polar surface area (TPSA) is 101 Å². The Labute approximate surface area is 182 Å². The zero-order valence-corrected chi connectivity index (χ0v) is 18.7. The van der Waals surface area contributed by atoms with Crippen LogP contribution in [0.25, 0.3) is 0 Å². The number of benzene rings is 2. The minimum absolute atomic E-state index is 0.103. The zero-order chi connectivity index (χ0) is 21.0. The first kappa shape index (κ1) is 21.6. The highest BCUT2D eigenvalue weighted by atomic mass is 35.5. The summed E-state index contributed by atoms with van der Waals surface area (Å²) < 4.78 is 31.9. The van der Waals surface area contributed by atoms with Crippen LogP contribution in [0.1, 0.15) is 18.3 Å². The van der Waals surface area contributed by atoms with Crippen LogP contribution in [0.15, 0.2) is 52.3 Å². The molecule has 0 saturated heterocycles. The molecule has 3 aromatic rings. The monoisotopic (exact) mass is 468 g/mol. The number of anilines is 2. The Morgan fingerprint density at radius 3 is 2.76 bits per heavy atom. The highest BCUT2D eigenvalue weighted by Gasteiger charge is 2.20. The second-order valence-corrected chi connectivity index (χ2v) is 9.84. The highest BCUT2D eigenvalue weighted by Crippen LogP contribution is 2.28. The number of sulfonamides is 1. The first-order valence-electron chi connectivity index (χ1n) is 8.35. The molecule has 0 atom stereocenters. The fourth-order valence-corrected chi connectivity index (χ4v) is 5.62. The molecular weight excluding hydrogens is 452 g/mol. The van der Waals surface area contributed by atoms with Gasteiger partial charge in [-0.3, -0.25) is 9.52 Å². The minimum atomic E-state index is -3.81. The average molecular weight is 469 g/mol. The van der Waals surface area contributed by atoms with Crippen LogP contribution < -0.4 is 10.0 Å². The Hall–Kier alpha value is -2.14. The van der Waals surface area contributed by atoms with Gasteiger partial charge in [0.05, 0.1) is 10.6 Å². The summed E-state index contributed by atoms with van der Waals surface area (Å²) in [5.41, 5.74) is 1.18. The fraction of sp³-hybridized carbons (Fsp3) is 0.167. The van der Waals surface area contributed by atoms with Crippen molar-refractivity contribution in [3.63, 3.8) is 0 Å². The fourth-order valence-electron chi connectivity index (χ4n) is 2.42. The Kier molecular flexibility index (Phi) is 6.78. The van der Waals surface area contributed by atoms with Gasteiger partial charge in [0.2, 0.25) is 11.0 Å². The normalized spacial score (nSPS) is 11.3. The Morgan fingerprint density at radius 2 is 2.00 bits per heavy atom. The van der Waals surface area contributed by atoms with Crippen molar-refractivity contribution in [1.29, 1.82) is 0 Å². The molecule has 1 aromatic heterocycles. The summed E-state index contributed by atoms with van der Waals surface area (Å²) in [5, 5.41) is 3.30. The average Bonchev–Trinajstić information content (AvgIpc) is 3.08. The summed E-state index contributed by atoms with van der Waals surface area (Å²) in [6.07, 6.45) is 0. The van der Waals surface area contributed by atoms with Gasteiger partial charge in [-0.15, -0.1) is 11.8 Å². The molecule has 0 radical (unpaired) electrons. The molecule has 0 aliphatic rings. The van der Waals surface area contributed by atoms with Crippen molar-refractivity contribution in [3.05, 3.63) is 58.9 Å². The van der Waals surface area contributed by atoms with E-state index in [2.05, 4.69) is 19.4 Å². The van der Waals surface area contributed by atoms with Gasteiger partial charge >= 0.3 is 0 Å². The molecule has 0 saturated carbocycles. The summed E-state index contributed by atoms with van der Waals surface area (Å²) in [6, 6.07) is 12.1. The maximum atomic E-state index is 12.6. The maximum Gasteiger partial charge on any atom is 0.264 e. The molecule has 0 aliphatic heterocycles. The van der Waals surface area contributed by atoms with Crippen LogP contribution in [-0.2, 0) is 20.6 Å². The van der Waals surface area contributed by atoms with E-state index in [-0.39, 0.29) is 15.9 Å². The van der Waals surface area contributed by atoms with Gasteiger partial charge in [-0.05, 0) is 42.8 Å². The Balaban J connectivity index is 1.67. The molecule has 11 heteroatoms. The Bertz CT molecular complexity index is 1150. The second-order valence-electron chi connectivity index (χ2n) is 5.98. The second kappa shape index (κ2) is 9.12. The number of nitrogens with zero attached hydrogens (tertiary/aromatic N) is 2. The zero-order valence-electron chi connectivity index (χ0n) is 15.5. The number of hydrogen-bond acceptors (Lipinski definition) is 7. The van der Waals surface area contributed by atoms with Gasteiger partial charge in [0.1, 0.15) is 0 Å². The van der Waals surface area contributed by atoms with Crippen LogP contribution in [0.5, 0.6) is 0 Å². The first-order valence-corrected chi connectivity index (χ1v) is 12.0. The number of amides is 1. The summed E-state index contributed by atoms with van der Waals surface area (Å²) in [4.78, 5) is 16.5. The predicted molar refractivity (Wildman–Crippen MR) is 117 cm³/mol. The molecule has 1 amide bonds. The van der Waals surface area contributed by atoms with Crippen LogP contribution in [0, 0.1) is 6.92 Å². The molecule has 0 bridgehead atoms. The van der Waals surface area contributed by atoms with E-state index in [1.54, 1.807) is 25.1 Å². The van der Waals surface area contributed by atoms with E-state index in [0.29, 0.717) is 27.9 Å². The van der Waals surface area contributed by atoms with Gasteiger partial charge in [-0.25, -0.2) is 13.4 Å². The van der Waals surface area contributed by atoms with E-state index >= 15 is 0 Å². The van der Waals surface area contributed by atoms with Crippen LogP contribution in [0.3, 0.4) is 0 Å². The number of halogens is 1. The SMILES string of the molecule is CC(=O)Nc1cccc(SCc2nsc(NS(=O)(=O)c3cccc(Cl)c3C)n2)c1. The number of carbonyl (C=O) groups is 1. The standard InChI is InChI=1S/C18H17ClN4O3S3/c1-11-15(19)7-4-8-16(11)29(25,26)23-18-21-17(22-28-18)10-27-14-6-3-5-13(9-14)20-12(2)24/h3-9H,10H2,1-2H3,(H,20,24)(H,21,22,23). The lowest BCUT2D eigenvalue weighted by Gasteiger charge is -2.08. The summed E-state index contributed by atoms with van der Waals surface area (Å²) >= 11 is 8.48. The van der Waals surface area contributed by atoms with Crippen LogP contribution >= 0.6 is 34.9 Å². The van der Waals surface area contributed by atoms with Crippen molar-refractivity contribution in [2.45, 2.75) is 29.4 Å². The molecule has 3 rings (SSSR count). The largest absolute Gasteiger partial charge is 0.326 e. The lowest BCUT2D eigenvalue weighted by atomic mass is 10.2. The molecule has 29 heavy (non-hydrogen) atoms. The van der Waals surface area contributed by atoms with Crippen LogP contribution in [-0.4, -0.2) is 23.7 Å². The highest BCUT2D eigenvalue weighted by molar-refractivity contribution is 7.98. The molecule has 2 aromatic carbocycles. The van der Waals surface area contributed by atoms with Crippen molar-refractivity contribution in [2.24, 2.45) is 0 Å². The molecule has 2 N–H and O–H groups in total. The predicted octanol–water partition coefficient (Wildman–Crippen LogP) is 4.55. The summed E-state index contributed by atoms with van der Waals surface area (Å²) in [7, 11) is -3.81. The lowest BCUT2D eigenvalue weighted by molar-refractivity contribution is -0.114. The van der Waals surface area contributed by atoms with Gasteiger partial charge < -0.3 is 5.32 Å². The molecule has 0 fully saturated rings. The van der Waals surface area contributed by atoms with Crippen molar-refractivity contribution >= 4 is 61.6 Å². The molecular formula is C18H17ClN4O3S3. The van der Waals surface area contributed by atoms with E-state index in [1.165, 1.54) is 24.8 Å². The van der Waals surface area contributed by atoms with Gasteiger partial charge in [0.15, 0.2) is 5.82 Å². The smallest absolute Gasteiger partial charge is 0.264 e. The summed E-state index contributed by atoms with van der Waals surface area (Å²) in [5.74, 6) is 0.823. The van der Waals surface area contributed by atoms with E-state index in [4.69, 9.17) is 11.6 Å². The van der Waals surface area contributed by atoms with Crippen LogP contribution in [0.4, 0.5) is 10.8 Å². The van der Waals surface area contributed by atoms with Crippen molar-refractivity contribution in [3.8, 4) is 0 Å². The summed E-state index contributed by atoms with van der Waals surface area (Å²) in [6.45, 7) is 3.10. The van der Waals surface area contributed by atoms with Gasteiger partial charge in [0, 0.05) is 34.1 Å². The van der Waals surface area contributed by atoms with Crippen molar-refractivity contribution < 1.29 is 13.2 Å². The van der Waals surface area contributed by atoms with E-state index < -0.39 is 10.0 Å². The van der Waals surface area contributed by atoms with E-state index in [0.717, 1.165) is 16.4 Å². The first-order chi connectivity index (χ1) is 13.7.